The fraction of sp³-hybridized carbons (Fsp3) is 0.667. The normalized spacial score (nSPS) is 18.4. The minimum absolute atomic E-state index is 0.0102. The Morgan fingerprint density at radius 1 is 1.52 bits per heavy atom. The van der Waals surface area contributed by atoms with E-state index >= 15 is 0 Å². The molecule has 1 fully saturated rings. The van der Waals surface area contributed by atoms with Gasteiger partial charge in [0.15, 0.2) is 0 Å². The number of hydrogen-bond acceptors (Lipinski definition) is 5. The zero-order valence-corrected chi connectivity index (χ0v) is 12.7. The van der Waals surface area contributed by atoms with E-state index < -0.39 is 0 Å². The predicted octanol–water partition coefficient (Wildman–Crippen LogP) is 2.05. The van der Waals surface area contributed by atoms with Crippen LogP contribution < -0.4 is 9.47 Å². The van der Waals surface area contributed by atoms with E-state index in [-0.39, 0.29) is 12.0 Å². The van der Waals surface area contributed by atoms with Crippen molar-refractivity contribution >= 4 is 5.91 Å². The highest BCUT2D eigenvalue weighted by Crippen LogP contribution is 2.18. The first-order valence-corrected chi connectivity index (χ1v) is 7.54. The molecule has 1 aromatic rings. The Morgan fingerprint density at radius 2 is 2.38 bits per heavy atom. The number of ether oxygens (including phenoxy) is 2. The zero-order valence-electron chi connectivity index (χ0n) is 12.7. The monoisotopic (exact) mass is 293 g/mol. The number of unbranched alkanes of at least 4 members (excludes halogenated alkanes) is 1. The van der Waals surface area contributed by atoms with Crippen molar-refractivity contribution in [2.75, 3.05) is 20.2 Å². The number of likely N-dealkylation sites (tertiary alicyclic amines) is 1. The zero-order chi connectivity index (χ0) is 15.1. The van der Waals surface area contributed by atoms with Crippen LogP contribution in [0, 0.1) is 0 Å². The van der Waals surface area contributed by atoms with Gasteiger partial charge in [0, 0.05) is 25.2 Å². The van der Waals surface area contributed by atoms with Gasteiger partial charge in [0.2, 0.25) is 11.8 Å². The molecule has 6 heteroatoms. The van der Waals surface area contributed by atoms with Gasteiger partial charge in [-0.25, -0.2) is 4.98 Å². The Hall–Kier alpha value is -1.85. The molecular formula is C15H23N3O3. The van der Waals surface area contributed by atoms with Gasteiger partial charge in [-0.1, -0.05) is 13.3 Å². The van der Waals surface area contributed by atoms with Crippen molar-refractivity contribution < 1.29 is 14.3 Å². The Morgan fingerprint density at radius 3 is 3.14 bits per heavy atom. The summed E-state index contributed by atoms with van der Waals surface area (Å²) in [4.78, 5) is 22.1. The van der Waals surface area contributed by atoms with Crippen LogP contribution in [0.25, 0.3) is 0 Å². The molecule has 0 saturated carbocycles. The number of carbonyl (C=O) groups excluding carboxylic acids is 1. The lowest BCUT2D eigenvalue weighted by Crippen LogP contribution is -2.44. The Kier molecular flexibility index (Phi) is 5.78. The number of amides is 1. The average molecular weight is 293 g/mol. The van der Waals surface area contributed by atoms with E-state index in [9.17, 15) is 4.79 Å². The summed E-state index contributed by atoms with van der Waals surface area (Å²) in [6, 6.07) is 2.00. The number of carbonyl (C=O) groups is 1. The molecular weight excluding hydrogens is 270 g/mol. The smallest absolute Gasteiger partial charge is 0.319 e. The maximum Gasteiger partial charge on any atom is 0.319 e. The van der Waals surface area contributed by atoms with Gasteiger partial charge in [-0.2, -0.15) is 4.98 Å². The fourth-order valence-electron chi connectivity index (χ4n) is 2.41. The van der Waals surface area contributed by atoms with E-state index in [1.165, 1.54) is 7.11 Å². The van der Waals surface area contributed by atoms with Crippen molar-refractivity contribution in [1.29, 1.82) is 0 Å². The van der Waals surface area contributed by atoms with Gasteiger partial charge in [-0.3, -0.25) is 4.79 Å². The van der Waals surface area contributed by atoms with Gasteiger partial charge in [0.25, 0.3) is 0 Å². The third kappa shape index (κ3) is 4.58. The molecule has 2 rings (SSSR count). The number of piperidine rings is 1. The summed E-state index contributed by atoms with van der Waals surface area (Å²) in [5.74, 6) is 0.722. The van der Waals surface area contributed by atoms with Crippen molar-refractivity contribution in [2.45, 2.75) is 45.1 Å². The Bertz CT molecular complexity index is 467. The van der Waals surface area contributed by atoms with Crippen LogP contribution in [-0.2, 0) is 4.79 Å². The Balaban J connectivity index is 1.90. The van der Waals surface area contributed by atoms with Crippen LogP contribution in [-0.4, -0.2) is 47.1 Å². The number of methoxy groups -OCH3 is 1. The second kappa shape index (κ2) is 7.81. The molecule has 0 N–H and O–H groups in total. The molecule has 1 saturated heterocycles. The molecule has 0 bridgehead atoms. The second-order valence-electron chi connectivity index (χ2n) is 5.21. The van der Waals surface area contributed by atoms with E-state index in [1.807, 2.05) is 4.90 Å². The van der Waals surface area contributed by atoms with Gasteiger partial charge >= 0.3 is 6.01 Å². The first-order chi connectivity index (χ1) is 10.2. The largest absolute Gasteiger partial charge is 0.472 e. The van der Waals surface area contributed by atoms with Gasteiger partial charge in [-0.05, 0) is 19.3 Å². The lowest BCUT2D eigenvalue weighted by molar-refractivity contribution is -0.134. The molecule has 1 aromatic heterocycles. The van der Waals surface area contributed by atoms with Gasteiger partial charge in [0.1, 0.15) is 6.10 Å². The fourth-order valence-corrected chi connectivity index (χ4v) is 2.41. The van der Waals surface area contributed by atoms with Crippen molar-refractivity contribution in [2.24, 2.45) is 0 Å². The van der Waals surface area contributed by atoms with Crippen LogP contribution in [0.15, 0.2) is 12.3 Å². The van der Waals surface area contributed by atoms with Gasteiger partial charge in [-0.15, -0.1) is 0 Å². The van der Waals surface area contributed by atoms with E-state index in [4.69, 9.17) is 9.47 Å². The minimum Gasteiger partial charge on any atom is -0.472 e. The van der Waals surface area contributed by atoms with Crippen molar-refractivity contribution in [1.82, 2.24) is 14.9 Å². The lowest BCUT2D eigenvalue weighted by Gasteiger charge is -2.32. The van der Waals surface area contributed by atoms with Crippen LogP contribution in [0.4, 0.5) is 0 Å². The maximum atomic E-state index is 12.1. The number of aromatic nitrogens is 2. The van der Waals surface area contributed by atoms with Gasteiger partial charge in [0.05, 0.1) is 13.7 Å². The quantitative estimate of drug-likeness (QED) is 0.803. The van der Waals surface area contributed by atoms with E-state index in [2.05, 4.69) is 16.9 Å². The summed E-state index contributed by atoms with van der Waals surface area (Å²) in [7, 11) is 1.52. The molecule has 1 aliphatic heterocycles. The van der Waals surface area contributed by atoms with Gasteiger partial charge < -0.3 is 14.4 Å². The predicted molar refractivity (Wildman–Crippen MR) is 78.3 cm³/mol. The topological polar surface area (TPSA) is 64.6 Å². The first kappa shape index (κ1) is 15.5. The van der Waals surface area contributed by atoms with Crippen LogP contribution in [0.2, 0.25) is 0 Å². The van der Waals surface area contributed by atoms with E-state index in [0.29, 0.717) is 24.9 Å². The number of rotatable bonds is 6. The summed E-state index contributed by atoms with van der Waals surface area (Å²) in [5, 5.41) is 0. The molecule has 0 radical (unpaired) electrons. The molecule has 6 nitrogen and oxygen atoms in total. The highest BCUT2D eigenvalue weighted by atomic mass is 16.5. The Labute approximate surface area is 125 Å². The van der Waals surface area contributed by atoms with Crippen LogP contribution in [0.1, 0.15) is 39.0 Å². The number of nitrogens with zero attached hydrogens (tertiary/aromatic N) is 3. The number of hydrogen-bond donors (Lipinski definition) is 0. The molecule has 1 unspecified atom stereocenters. The summed E-state index contributed by atoms with van der Waals surface area (Å²) in [6.07, 6.45) is 6.11. The van der Waals surface area contributed by atoms with Crippen molar-refractivity contribution in [3.05, 3.63) is 12.3 Å². The molecule has 1 aliphatic rings. The lowest BCUT2D eigenvalue weighted by atomic mass is 10.1. The second-order valence-corrected chi connectivity index (χ2v) is 5.21. The van der Waals surface area contributed by atoms with Crippen molar-refractivity contribution in [3.8, 4) is 11.9 Å². The van der Waals surface area contributed by atoms with Crippen LogP contribution >= 0.6 is 0 Å². The maximum absolute atomic E-state index is 12.1. The summed E-state index contributed by atoms with van der Waals surface area (Å²) >= 11 is 0. The highest BCUT2D eigenvalue weighted by Gasteiger charge is 2.24. The van der Waals surface area contributed by atoms with E-state index in [1.54, 1.807) is 12.3 Å². The highest BCUT2D eigenvalue weighted by molar-refractivity contribution is 5.76. The molecule has 0 spiro atoms. The summed E-state index contributed by atoms with van der Waals surface area (Å²) in [5.41, 5.74) is 0. The molecule has 0 aromatic carbocycles. The molecule has 2 heterocycles. The molecule has 116 valence electrons. The third-order valence-corrected chi connectivity index (χ3v) is 3.55. The summed E-state index contributed by atoms with van der Waals surface area (Å²) < 4.78 is 10.8. The van der Waals surface area contributed by atoms with Crippen molar-refractivity contribution in [3.63, 3.8) is 0 Å². The third-order valence-electron chi connectivity index (χ3n) is 3.55. The molecule has 21 heavy (non-hydrogen) atoms. The average Bonchev–Trinajstić information content (AvgIpc) is 2.53. The SMILES string of the molecule is CCCCC(=O)N1CCCC(Oc2ccnc(OC)n2)C1. The minimum atomic E-state index is -0.0102. The first-order valence-electron chi connectivity index (χ1n) is 7.54. The molecule has 1 atom stereocenters. The van der Waals surface area contributed by atoms with Crippen LogP contribution in [0.3, 0.4) is 0 Å². The van der Waals surface area contributed by atoms with Crippen LogP contribution in [0.5, 0.6) is 11.9 Å². The van der Waals surface area contributed by atoms with E-state index in [0.717, 1.165) is 32.2 Å². The standard InChI is InChI=1S/C15H23N3O3/c1-3-4-7-14(19)18-10-5-6-12(11-18)21-13-8-9-16-15(17-13)20-2/h8-9,12H,3-7,10-11H2,1-2H3. The molecule has 1 amide bonds. The molecule has 0 aliphatic carbocycles. The summed E-state index contributed by atoms with van der Waals surface area (Å²) in [6.45, 7) is 3.56.